The molecule has 1 aliphatic rings. The maximum Gasteiger partial charge on any atom is 0.248 e. The van der Waals surface area contributed by atoms with Gasteiger partial charge in [-0.25, -0.2) is 8.42 Å². The maximum atomic E-state index is 13.6. The van der Waals surface area contributed by atoms with Crippen molar-refractivity contribution in [1.29, 1.82) is 0 Å². The van der Waals surface area contributed by atoms with E-state index < -0.39 is 15.9 Å². The van der Waals surface area contributed by atoms with Gasteiger partial charge in [0.2, 0.25) is 15.9 Å². The second kappa shape index (κ2) is 10.2. The van der Waals surface area contributed by atoms with Crippen molar-refractivity contribution in [2.45, 2.75) is 24.7 Å². The fourth-order valence-corrected chi connectivity index (χ4v) is 5.76. The van der Waals surface area contributed by atoms with Crippen LogP contribution >= 0.6 is 0 Å². The number of methoxy groups -OCH3 is 1. The Morgan fingerprint density at radius 3 is 2.74 bits per heavy atom. The van der Waals surface area contributed by atoms with Crippen LogP contribution in [-0.4, -0.2) is 44.0 Å². The highest BCUT2D eigenvalue weighted by atomic mass is 32.2. The first-order chi connectivity index (χ1) is 16.4. The van der Waals surface area contributed by atoms with Crippen LogP contribution in [0, 0.1) is 12.8 Å². The first-order valence-corrected chi connectivity index (χ1v) is 12.5. The highest BCUT2D eigenvalue weighted by Gasteiger charge is 2.37. The van der Waals surface area contributed by atoms with Gasteiger partial charge in [-0.2, -0.15) is 4.31 Å². The summed E-state index contributed by atoms with van der Waals surface area (Å²) in [6.07, 6.45) is 4.57. The molecule has 1 aromatic heterocycles. The average molecular weight is 482 g/mol. The van der Waals surface area contributed by atoms with E-state index in [0.29, 0.717) is 30.8 Å². The predicted molar refractivity (Wildman–Crippen MR) is 130 cm³/mol. The van der Waals surface area contributed by atoms with Crippen molar-refractivity contribution in [3.63, 3.8) is 0 Å². The molecule has 34 heavy (non-hydrogen) atoms. The van der Waals surface area contributed by atoms with Crippen molar-refractivity contribution in [1.82, 2.24) is 9.46 Å². The Bertz CT molecular complexity index is 1280. The summed E-state index contributed by atoms with van der Waals surface area (Å²) >= 11 is 0. The Balaban J connectivity index is 1.52. The van der Waals surface area contributed by atoms with Crippen molar-refractivity contribution >= 4 is 33.8 Å². The summed E-state index contributed by atoms with van der Waals surface area (Å²) in [6.45, 7) is 2.02. The number of piperidine rings is 1. The minimum absolute atomic E-state index is 0.0357. The molecule has 0 saturated carbocycles. The van der Waals surface area contributed by atoms with E-state index in [1.54, 1.807) is 50.5 Å². The van der Waals surface area contributed by atoms with Crippen LogP contribution in [0.15, 0.2) is 64.0 Å². The molecular weight excluding hydrogens is 454 g/mol. The second-order valence-corrected chi connectivity index (χ2v) is 10.0. The SMILES string of the molecule is COc1cccc(NC(=O)[C@H]2CCCN(S(=O)(=O)c3c(C)noc3/C=C/c3ccccc3)C2)c1. The number of sulfonamides is 1. The van der Waals surface area contributed by atoms with Gasteiger partial charge in [-0.15, -0.1) is 0 Å². The summed E-state index contributed by atoms with van der Waals surface area (Å²) in [4.78, 5) is 12.9. The molecular formula is C25H27N3O5S. The molecule has 0 bridgehead atoms. The van der Waals surface area contributed by atoms with E-state index in [0.717, 1.165) is 5.56 Å². The maximum absolute atomic E-state index is 13.6. The van der Waals surface area contributed by atoms with Gasteiger partial charge in [0.1, 0.15) is 11.4 Å². The van der Waals surface area contributed by atoms with Crippen molar-refractivity contribution < 1.29 is 22.5 Å². The monoisotopic (exact) mass is 481 g/mol. The Morgan fingerprint density at radius 2 is 1.97 bits per heavy atom. The summed E-state index contributed by atoms with van der Waals surface area (Å²) in [6, 6.07) is 16.6. The molecule has 0 unspecified atom stereocenters. The van der Waals surface area contributed by atoms with E-state index in [9.17, 15) is 13.2 Å². The van der Waals surface area contributed by atoms with Gasteiger partial charge < -0.3 is 14.6 Å². The van der Waals surface area contributed by atoms with Crippen LogP contribution in [-0.2, 0) is 14.8 Å². The molecule has 4 rings (SSSR count). The van der Waals surface area contributed by atoms with Gasteiger partial charge in [0.25, 0.3) is 0 Å². The fraction of sp³-hybridized carbons (Fsp3) is 0.280. The van der Waals surface area contributed by atoms with E-state index in [1.165, 1.54) is 4.31 Å². The number of benzene rings is 2. The zero-order valence-electron chi connectivity index (χ0n) is 19.1. The third-order valence-corrected chi connectivity index (χ3v) is 7.77. The summed E-state index contributed by atoms with van der Waals surface area (Å²) < 4.78 is 39.0. The largest absolute Gasteiger partial charge is 0.497 e. The summed E-state index contributed by atoms with van der Waals surface area (Å²) in [5.74, 6) is 0.103. The number of ether oxygens (including phenoxy) is 1. The lowest BCUT2D eigenvalue weighted by Crippen LogP contribution is -2.43. The molecule has 2 aromatic carbocycles. The number of anilines is 1. The van der Waals surface area contributed by atoms with Gasteiger partial charge in [-0.05, 0) is 43.5 Å². The van der Waals surface area contributed by atoms with Gasteiger partial charge in [0.15, 0.2) is 10.7 Å². The minimum atomic E-state index is -3.91. The second-order valence-electron chi connectivity index (χ2n) is 8.13. The molecule has 0 aliphatic carbocycles. The third-order valence-electron chi connectivity index (χ3n) is 5.75. The average Bonchev–Trinajstić information content (AvgIpc) is 3.24. The molecule has 1 saturated heterocycles. The summed E-state index contributed by atoms with van der Waals surface area (Å²) in [5, 5.41) is 6.76. The van der Waals surface area contributed by atoms with Crippen LogP contribution < -0.4 is 10.1 Å². The zero-order valence-corrected chi connectivity index (χ0v) is 19.9. The molecule has 8 nitrogen and oxygen atoms in total. The van der Waals surface area contributed by atoms with Crippen LogP contribution in [0.25, 0.3) is 12.2 Å². The number of carbonyl (C=O) groups is 1. The standard InChI is InChI=1S/C25H27N3O5S/c1-18-24(23(33-27-18)14-13-19-8-4-3-5-9-19)34(30,31)28-15-7-10-20(17-28)25(29)26-21-11-6-12-22(16-21)32-2/h3-6,8-9,11-14,16,20H,7,10,15,17H2,1-2H3,(H,26,29)/b14-13+/t20-/m0/s1. The number of nitrogens with one attached hydrogen (secondary N) is 1. The van der Waals surface area contributed by atoms with Crippen molar-refractivity contribution in [2.75, 3.05) is 25.5 Å². The van der Waals surface area contributed by atoms with E-state index in [2.05, 4.69) is 10.5 Å². The minimum Gasteiger partial charge on any atom is -0.497 e. The molecule has 1 aliphatic heterocycles. The van der Waals surface area contributed by atoms with Crippen molar-refractivity contribution in [2.24, 2.45) is 5.92 Å². The Labute approximate surface area is 199 Å². The Morgan fingerprint density at radius 1 is 1.18 bits per heavy atom. The van der Waals surface area contributed by atoms with Crippen molar-refractivity contribution in [3.05, 3.63) is 71.6 Å². The first kappa shape index (κ1) is 23.7. The van der Waals surface area contributed by atoms with Crippen LogP contribution in [0.4, 0.5) is 5.69 Å². The van der Waals surface area contributed by atoms with E-state index >= 15 is 0 Å². The summed E-state index contributed by atoms with van der Waals surface area (Å²) in [5.41, 5.74) is 1.80. The topological polar surface area (TPSA) is 102 Å². The number of aromatic nitrogens is 1. The van der Waals surface area contributed by atoms with E-state index in [1.807, 2.05) is 30.3 Å². The van der Waals surface area contributed by atoms with Gasteiger partial charge in [-0.1, -0.05) is 47.6 Å². The number of aryl methyl sites for hydroxylation is 1. The summed E-state index contributed by atoms with van der Waals surface area (Å²) in [7, 11) is -2.35. The third kappa shape index (κ3) is 5.21. The van der Waals surface area contributed by atoms with E-state index in [4.69, 9.17) is 9.26 Å². The normalized spacial score (nSPS) is 17.1. The highest BCUT2D eigenvalue weighted by molar-refractivity contribution is 7.89. The molecule has 178 valence electrons. The van der Waals surface area contributed by atoms with Gasteiger partial charge >= 0.3 is 0 Å². The molecule has 1 fully saturated rings. The van der Waals surface area contributed by atoms with Crippen LogP contribution in [0.1, 0.15) is 29.9 Å². The van der Waals surface area contributed by atoms with Crippen molar-refractivity contribution in [3.8, 4) is 5.75 Å². The zero-order chi connectivity index (χ0) is 24.1. The molecule has 0 spiro atoms. The number of hydrogen-bond acceptors (Lipinski definition) is 6. The molecule has 1 amide bonds. The molecule has 0 radical (unpaired) electrons. The quantitative estimate of drug-likeness (QED) is 0.543. The number of rotatable bonds is 7. The Hall–Kier alpha value is -3.43. The van der Waals surface area contributed by atoms with Gasteiger partial charge in [0, 0.05) is 24.8 Å². The number of nitrogens with zero attached hydrogens (tertiary/aromatic N) is 2. The molecule has 1 N–H and O–H groups in total. The highest BCUT2D eigenvalue weighted by Crippen LogP contribution is 2.30. The van der Waals surface area contributed by atoms with Gasteiger partial charge in [-0.3, -0.25) is 4.79 Å². The molecule has 2 heterocycles. The number of hydrogen-bond donors (Lipinski definition) is 1. The van der Waals surface area contributed by atoms with Crippen LogP contribution in [0.3, 0.4) is 0 Å². The van der Waals surface area contributed by atoms with E-state index in [-0.39, 0.29) is 28.8 Å². The lowest BCUT2D eigenvalue weighted by atomic mass is 9.98. The number of amides is 1. The molecule has 9 heteroatoms. The Kier molecular flexibility index (Phi) is 7.14. The van der Waals surface area contributed by atoms with Crippen LogP contribution in [0.2, 0.25) is 0 Å². The van der Waals surface area contributed by atoms with Gasteiger partial charge in [0.05, 0.1) is 13.0 Å². The lowest BCUT2D eigenvalue weighted by molar-refractivity contribution is -0.120. The molecule has 3 aromatic rings. The smallest absolute Gasteiger partial charge is 0.248 e. The predicted octanol–water partition coefficient (Wildman–Crippen LogP) is 4.20. The molecule has 1 atom stereocenters. The first-order valence-electron chi connectivity index (χ1n) is 11.0. The fourth-order valence-electron chi connectivity index (χ4n) is 3.98. The number of carbonyl (C=O) groups excluding carboxylic acids is 1. The lowest BCUT2D eigenvalue weighted by Gasteiger charge is -2.31. The van der Waals surface area contributed by atoms with Crippen LogP contribution in [0.5, 0.6) is 5.75 Å².